The van der Waals surface area contributed by atoms with Crippen LogP contribution in [0.25, 0.3) is 11.1 Å². The van der Waals surface area contributed by atoms with Crippen molar-refractivity contribution in [3.63, 3.8) is 0 Å². The SMILES string of the molecule is CC.CC.Cc1ccc(-c2ccc(OC(F)(F)C3CCC(C(C)(C)C(C)(C)C4CCC(=O)CC4)CC3)cc2)cc1. The summed E-state index contributed by atoms with van der Waals surface area (Å²) in [6.07, 6.45) is 2.64. The minimum Gasteiger partial charge on any atom is -0.432 e. The number of carbonyl (C=O) groups is 1. The van der Waals surface area contributed by atoms with E-state index < -0.39 is 12.0 Å². The molecule has 2 fully saturated rings. The van der Waals surface area contributed by atoms with Crippen molar-refractivity contribution in [2.75, 3.05) is 0 Å². The molecule has 0 heterocycles. The Balaban J connectivity index is 0.00000134. The normalized spacial score (nSPS) is 20.5. The maximum Gasteiger partial charge on any atom is 0.400 e. The molecule has 0 unspecified atom stereocenters. The van der Waals surface area contributed by atoms with Crippen LogP contribution in [0.4, 0.5) is 8.78 Å². The minimum absolute atomic E-state index is 0.0188. The number of hydrogen-bond acceptors (Lipinski definition) is 2. The lowest BCUT2D eigenvalue weighted by atomic mass is 9.51. The molecule has 0 amide bonds. The standard InChI is InChI=1S/C32H42F2O2.2C2H6/c1-22-6-8-23(9-7-22)24-10-20-29(21-11-24)36-32(33,34)27-14-12-25(13-15-27)30(2,3)31(4,5)26-16-18-28(35)19-17-26;2*1-2/h6-11,20-21,25-27H,12-19H2,1-5H3;2*1-2H3. The Morgan fingerprint density at radius 3 is 1.45 bits per heavy atom. The number of hydrogen-bond donors (Lipinski definition) is 0. The van der Waals surface area contributed by atoms with Crippen molar-refractivity contribution in [1.29, 1.82) is 0 Å². The van der Waals surface area contributed by atoms with Crippen molar-refractivity contribution >= 4 is 5.78 Å². The van der Waals surface area contributed by atoms with E-state index >= 15 is 8.78 Å². The molecule has 0 spiro atoms. The average Bonchev–Trinajstić information content (AvgIpc) is 2.96. The van der Waals surface area contributed by atoms with Gasteiger partial charge >= 0.3 is 6.11 Å². The summed E-state index contributed by atoms with van der Waals surface area (Å²) in [5.41, 5.74) is 3.31. The Labute approximate surface area is 243 Å². The number of rotatable bonds is 7. The highest BCUT2D eigenvalue weighted by molar-refractivity contribution is 5.79. The van der Waals surface area contributed by atoms with Crippen molar-refractivity contribution in [1.82, 2.24) is 0 Å². The van der Waals surface area contributed by atoms with Crippen LogP contribution in [0.15, 0.2) is 48.5 Å². The third-order valence-corrected chi connectivity index (χ3v) is 9.94. The van der Waals surface area contributed by atoms with Gasteiger partial charge in [-0.25, -0.2) is 0 Å². The number of carbonyl (C=O) groups excluding carboxylic acids is 1. The molecule has 224 valence electrons. The number of alkyl halides is 2. The van der Waals surface area contributed by atoms with Crippen LogP contribution in [-0.2, 0) is 4.79 Å². The third kappa shape index (κ3) is 7.95. The number of aryl methyl sites for hydroxylation is 1. The molecule has 2 aliphatic carbocycles. The van der Waals surface area contributed by atoms with Gasteiger partial charge in [0.1, 0.15) is 11.5 Å². The first-order valence-corrected chi connectivity index (χ1v) is 15.7. The zero-order valence-corrected chi connectivity index (χ0v) is 26.6. The summed E-state index contributed by atoms with van der Waals surface area (Å²) < 4.78 is 35.7. The first kappa shape index (κ1) is 34.0. The zero-order valence-electron chi connectivity index (χ0n) is 26.6. The molecular weight excluding hydrogens is 502 g/mol. The van der Waals surface area contributed by atoms with Gasteiger partial charge in [-0.05, 0) is 91.4 Å². The van der Waals surface area contributed by atoms with E-state index in [1.807, 2.05) is 71.0 Å². The Morgan fingerprint density at radius 2 is 1.00 bits per heavy atom. The Bertz CT molecular complexity index is 1020. The number of ether oxygens (including phenoxy) is 1. The first-order valence-electron chi connectivity index (χ1n) is 15.7. The molecule has 0 saturated heterocycles. The molecule has 40 heavy (non-hydrogen) atoms. The lowest BCUT2D eigenvalue weighted by Gasteiger charge is -2.54. The summed E-state index contributed by atoms with van der Waals surface area (Å²) in [6, 6.07) is 15.1. The second kappa shape index (κ2) is 14.6. The molecule has 0 aliphatic heterocycles. The summed E-state index contributed by atoms with van der Waals surface area (Å²) in [7, 11) is 0. The van der Waals surface area contributed by atoms with Gasteiger partial charge in [-0.3, -0.25) is 4.79 Å². The van der Waals surface area contributed by atoms with Crippen LogP contribution in [0.5, 0.6) is 5.75 Å². The van der Waals surface area contributed by atoms with Gasteiger partial charge in [-0.1, -0.05) is 97.4 Å². The third-order valence-electron chi connectivity index (χ3n) is 9.94. The van der Waals surface area contributed by atoms with Gasteiger partial charge in [0.25, 0.3) is 0 Å². The van der Waals surface area contributed by atoms with Crippen LogP contribution in [0.2, 0.25) is 0 Å². The summed E-state index contributed by atoms with van der Waals surface area (Å²) in [4.78, 5) is 11.8. The number of Topliss-reactive ketones (excluding diaryl/α,β-unsaturated/α-hetero) is 1. The molecule has 2 saturated carbocycles. The largest absolute Gasteiger partial charge is 0.432 e. The number of ketones is 1. The molecule has 2 aliphatic rings. The highest BCUT2D eigenvalue weighted by Crippen LogP contribution is 2.57. The van der Waals surface area contributed by atoms with Crippen LogP contribution in [0.1, 0.15) is 112 Å². The number of benzene rings is 2. The molecular formula is C36H54F2O2. The van der Waals surface area contributed by atoms with E-state index in [1.165, 1.54) is 5.56 Å². The lowest BCUT2D eigenvalue weighted by molar-refractivity contribution is -0.226. The predicted octanol–water partition coefficient (Wildman–Crippen LogP) is 11.3. The fourth-order valence-corrected chi connectivity index (χ4v) is 6.57. The van der Waals surface area contributed by atoms with Crippen molar-refractivity contribution < 1.29 is 18.3 Å². The fourth-order valence-electron chi connectivity index (χ4n) is 6.57. The van der Waals surface area contributed by atoms with Crippen molar-refractivity contribution in [3.05, 3.63) is 54.1 Å². The Hall–Kier alpha value is -2.23. The highest BCUT2D eigenvalue weighted by atomic mass is 19.3. The average molecular weight is 557 g/mol. The van der Waals surface area contributed by atoms with Gasteiger partial charge < -0.3 is 4.74 Å². The van der Waals surface area contributed by atoms with E-state index in [-0.39, 0.29) is 16.6 Å². The summed E-state index contributed by atoms with van der Waals surface area (Å²) in [5, 5.41) is 0. The Kier molecular flexibility index (Phi) is 12.4. The number of halogens is 2. The molecule has 2 nitrogen and oxygen atoms in total. The molecule has 4 heteroatoms. The van der Waals surface area contributed by atoms with Crippen LogP contribution in [0.3, 0.4) is 0 Å². The van der Waals surface area contributed by atoms with E-state index in [9.17, 15) is 4.79 Å². The minimum atomic E-state index is -3.18. The smallest absolute Gasteiger partial charge is 0.400 e. The van der Waals surface area contributed by atoms with Crippen LogP contribution in [-0.4, -0.2) is 11.9 Å². The van der Waals surface area contributed by atoms with Crippen LogP contribution in [0, 0.1) is 35.5 Å². The molecule has 0 N–H and O–H groups in total. The van der Waals surface area contributed by atoms with E-state index in [4.69, 9.17) is 4.74 Å². The molecule has 0 radical (unpaired) electrons. The molecule has 4 rings (SSSR count). The molecule has 0 bridgehead atoms. The van der Waals surface area contributed by atoms with Crippen molar-refractivity contribution in [2.45, 2.75) is 120 Å². The molecule has 2 aromatic rings. The second-order valence-electron chi connectivity index (χ2n) is 12.4. The van der Waals surface area contributed by atoms with E-state index in [1.54, 1.807) is 12.1 Å². The zero-order chi connectivity index (χ0) is 30.1. The van der Waals surface area contributed by atoms with Crippen molar-refractivity contribution in [3.8, 4) is 16.9 Å². The summed E-state index contributed by atoms with van der Waals surface area (Å²) >= 11 is 0. The summed E-state index contributed by atoms with van der Waals surface area (Å²) in [6.45, 7) is 19.3. The maximum absolute atomic E-state index is 15.2. The Morgan fingerprint density at radius 1 is 0.625 bits per heavy atom. The molecule has 2 aromatic carbocycles. The van der Waals surface area contributed by atoms with Gasteiger partial charge in [0, 0.05) is 12.8 Å². The van der Waals surface area contributed by atoms with Crippen LogP contribution < -0.4 is 4.74 Å². The van der Waals surface area contributed by atoms with Crippen molar-refractivity contribution in [2.24, 2.45) is 28.6 Å². The van der Waals surface area contributed by atoms with E-state index in [0.29, 0.717) is 43.3 Å². The van der Waals surface area contributed by atoms with Gasteiger partial charge in [0.05, 0.1) is 5.92 Å². The predicted molar refractivity (Wildman–Crippen MR) is 165 cm³/mol. The molecule has 0 atom stereocenters. The van der Waals surface area contributed by atoms with E-state index in [2.05, 4.69) is 27.7 Å². The topological polar surface area (TPSA) is 26.3 Å². The van der Waals surface area contributed by atoms with E-state index in [0.717, 1.165) is 36.8 Å². The second-order valence-corrected chi connectivity index (χ2v) is 12.4. The van der Waals surface area contributed by atoms with Gasteiger partial charge in [0.2, 0.25) is 0 Å². The van der Waals surface area contributed by atoms with Gasteiger partial charge in [0.15, 0.2) is 0 Å². The van der Waals surface area contributed by atoms with Gasteiger partial charge in [-0.2, -0.15) is 8.78 Å². The lowest BCUT2D eigenvalue weighted by Crippen LogP contribution is -2.47. The summed E-state index contributed by atoms with van der Waals surface area (Å²) in [5.74, 6) is 0.733. The monoisotopic (exact) mass is 556 g/mol. The molecule has 0 aromatic heterocycles. The quantitative estimate of drug-likeness (QED) is 0.339. The first-order chi connectivity index (χ1) is 18.9. The van der Waals surface area contributed by atoms with Crippen LogP contribution >= 0.6 is 0 Å². The maximum atomic E-state index is 15.2. The fraction of sp³-hybridized carbons (Fsp3) is 0.639. The highest BCUT2D eigenvalue weighted by Gasteiger charge is 2.51. The van der Waals surface area contributed by atoms with Gasteiger partial charge in [-0.15, -0.1) is 0 Å².